The van der Waals surface area contributed by atoms with E-state index < -0.39 is 0 Å². The van der Waals surface area contributed by atoms with Gasteiger partial charge in [0.2, 0.25) is 12.3 Å². The SMILES string of the molecule is Cc1cc(N(C)C2CCN(Cc3nnco3)CC2)ncn1. The highest BCUT2D eigenvalue weighted by atomic mass is 16.4. The van der Waals surface area contributed by atoms with Gasteiger partial charge in [0, 0.05) is 37.9 Å². The van der Waals surface area contributed by atoms with Crippen LogP contribution in [-0.4, -0.2) is 51.2 Å². The second-order valence-corrected chi connectivity index (χ2v) is 5.47. The van der Waals surface area contributed by atoms with E-state index in [4.69, 9.17) is 4.42 Å². The molecule has 2 aromatic rings. The van der Waals surface area contributed by atoms with Crippen LogP contribution in [0.4, 0.5) is 5.82 Å². The van der Waals surface area contributed by atoms with E-state index in [1.165, 1.54) is 6.39 Å². The topological polar surface area (TPSA) is 71.2 Å². The predicted molar refractivity (Wildman–Crippen MR) is 77.8 cm³/mol. The number of anilines is 1. The number of likely N-dealkylation sites (tertiary alicyclic amines) is 1. The van der Waals surface area contributed by atoms with Gasteiger partial charge in [-0.1, -0.05) is 0 Å². The molecule has 1 saturated heterocycles. The van der Waals surface area contributed by atoms with Gasteiger partial charge in [0.15, 0.2) is 0 Å². The Kier molecular flexibility index (Phi) is 4.10. The van der Waals surface area contributed by atoms with E-state index in [1.54, 1.807) is 6.33 Å². The summed E-state index contributed by atoms with van der Waals surface area (Å²) in [6.07, 6.45) is 5.22. The van der Waals surface area contributed by atoms with Gasteiger partial charge in [0.05, 0.1) is 6.54 Å². The highest BCUT2D eigenvalue weighted by molar-refractivity contribution is 5.39. The Balaban J connectivity index is 1.55. The summed E-state index contributed by atoms with van der Waals surface area (Å²) in [6, 6.07) is 2.54. The van der Waals surface area contributed by atoms with Gasteiger partial charge in [0.1, 0.15) is 12.1 Å². The van der Waals surface area contributed by atoms with Crippen LogP contribution in [0, 0.1) is 6.92 Å². The van der Waals surface area contributed by atoms with Crippen LogP contribution in [0.3, 0.4) is 0 Å². The van der Waals surface area contributed by atoms with Crippen molar-refractivity contribution in [1.29, 1.82) is 0 Å². The zero-order chi connectivity index (χ0) is 14.7. The first-order valence-electron chi connectivity index (χ1n) is 7.21. The lowest BCUT2D eigenvalue weighted by molar-refractivity contribution is 0.186. The molecule has 0 atom stereocenters. The molecule has 7 nitrogen and oxygen atoms in total. The molecule has 21 heavy (non-hydrogen) atoms. The summed E-state index contributed by atoms with van der Waals surface area (Å²) in [6.45, 7) is 4.79. The summed E-state index contributed by atoms with van der Waals surface area (Å²) < 4.78 is 5.20. The molecule has 112 valence electrons. The van der Waals surface area contributed by atoms with Crippen molar-refractivity contribution in [3.63, 3.8) is 0 Å². The Bertz CT molecular complexity index is 565. The van der Waals surface area contributed by atoms with Gasteiger partial charge in [-0.05, 0) is 19.8 Å². The number of aryl methyl sites for hydroxylation is 1. The number of aromatic nitrogens is 4. The lowest BCUT2D eigenvalue weighted by Crippen LogP contribution is -2.43. The molecule has 7 heteroatoms. The maximum Gasteiger partial charge on any atom is 0.230 e. The molecule has 0 aromatic carbocycles. The zero-order valence-electron chi connectivity index (χ0n) is 12.4. The first-order chi connectivity index (χ1) is 10.2. The van der Waals surface area contributed by atoms with E-state index in [0.717, 1.165) is 44.0 Å². The molecule has 3 heterocycles. The van der Waals surface area contributed by atoms with Gasteiger partial charge in [-0.25, -0.2) is 9.97 Å². The van der Waals surface area contributed by atoms with Crippen molar-refractivity contribution in [1.82, 2.24) is 25.1 Å². The molecule has 0 spiro atoms. The van der Waals surface area contributed by atoms with Gasteiger partial charge in [-0.2, -0.15) is 0 Å². The predicted octanol–water partition coefficient (Wildman–Crippen LogP) is 1.27. The van der Waals surface area contributed by atoms with E-state index in [9.17, 15) is 0 Å². The van der Waals surface area contributed by atoms with Crippen LogP contribution in [0.1, 0.15) is 24.4 Å². The minimum absolute atomic E-state index is 0.512. The van der Waals surface area contributed by atoms with Crippen LogP contribution >= 0.6 is 0 Å². The number of nitrogens with zero attached hydrogens (tertiary/aromatic N) is 6. The maximum absolute atomic E-state index is 5.20. The lowest BCUT2D eigenvalue weighted by Gasteiger charge is -2.36. The first-order valence-corrected chi connectivity index (χ1v) is 7.21. The largest absolute Gasteiger partial charge is 0.427 e. The van der Waals surface area contributed by atoms with Crippen LogP contribution in [0.5, 0.6) is 0 Å². The van der Waals surface area contributed by atoms with Crippen LogP contribution in [0.25, 0.3) is 0 Å². The van der Waals surface area contributed by atoms with Crippen molar-refractivity contribution in [2.24, 2.45) is 0 Å². The van der Waals surface area contributed by atoms with Gasteiger partial charge in [0.25, 0.3) is 0 Å². The van der Waals surface area contributed by atoms with E-state index in [0.29, 0.717) is 11.9 Å². The van der Waals surface area contributed by atoms with Crippen molar-refractivity contribution >= 4 is 5.82 Å². The fourth-order valence-electron chi connectivity index (χ4n) is 2.74. The van der Waals surface area contributed by atoms with Crippen molar-refractivity contribution in [2.75, 3.05) is 25.0 Å². The van der Waals surface area contributed by atoms with E-state index in [1.807, 2.05) is 13.0 Å². The van der Waals surface area contributed by atoms with Crippen molar-refractivity contribution in [3.8, 4) is 0 Å². The average molecular weight is 288 g/mol. The fourth-order valence-corrected chi connectivity index (χ4v) is 2.74. The molecule has 0 N–H and O–H groups in total. The van der Waals surface area contributed by atoms with Crippen LogP contribution < -0.4 is 4.90 Å². The van der Waals surface area contributed by atoms with Crippen LogP contribution in [-0.2, 0) is 6.54 Å². The molecule has 0 saturated carbocycles. The van der Waals surface area contributed by atoms with E-state index in [-0.39, 0.29) is 0 Å². The average Bonchev–Trinajstić information content (AvgIpc) is 3.00. The minimum atomic E-state index is 0.512. The quantitative estimate of drug-likeness (QED) is 0.839. The van der Waals surface area contributed by atoms with Crippen molar-refractivity contribution < 1.29 is 4.42 Å². The summed E-state index contributed by atoms with van der Waals surface area (Å²) in [7, 11) is 2.11. The highest BCUT2D eigenvalue weighted by Gasteiger charge is 2.24. The molecule has 1 aliphatic heterocycles. The number of rotatable bonds is 4. The van der Waals surface area contributed by atoms with Crippen molar-refractivity contribution in [2.45, 2.75) is 32.4 Å². The monoisotopic (exact) mass is 288 g/mol. The molecule has 0 aliphatic carbocycles. The van der Waals surface area contributed by atoms with Crippen LogP contribution in [0.2, 0.25) is 0 Å². The molecule has 0 radical (unpaired) electrons. The molecule has 0 bridgehead atoms. The maximum atomic E-state index is 5.20. The molecule has 1 fully saturated rings. The summed E-state index contributed by atoms with van der Waals surface area (Å²) in [5, 5.41) is 7.65. The van der Waals surface area contributed by atoms with E-state index in [2.05, 4.69) is 37.0 Å². The molecular weight excluding hydrogens is 268 g/mol. The molecule has 0 amide bonds. The minimum Gasteiger partial charge on any atom is -0.427 e. The van der Waals surface area contributed by atoms with Gasteiger partial charge < -0.3 is 9.32 Å². The second-order valence-electron chi connectivity index (χ2n) is 5.47. The third kappa shape index (κ3) is 3.36. The fraction of sp³-hybridized carbons (Fsp3) is 0.571. The Morgan fingerprint density at radius 1 is 1.33 bits per heavy atom. The second kappa shape index (κ2) is 6.17. The molecule has 3 rings (SSSR count). The summed E-state index contributed by atoms with van der Waals surface area (Å²) in [5.74, 6) is 1.69. The molecule has 0 unspecified atom stereocenters. The highest BCUT2D eigenvalue weighted by Crippen LogP contribution is 2.21. The summed E-state index contributed by atoms with van der Waals surface area (Å²) in [4.78, 5) is 13.1. The van der Waals surface area contributed by atoms with Gasteiger partial charge >= 0.3 is 0 Å². The third-order valence-corrected chi connectivity index (χ3v) is 4.02. The number of hydrogen-bond donors (Lipinski definition) is 0. The Labute approximate surface area is 124 Å². The standard InChI is InChI=1S/C14H20N6O/c1-11-7-13(16-9-15-11)19(2)12-3-5-20(6-4-12)8-14-18-17-10-21-14/h7,9-10,12H,3-6,8H2,1-2H3. The third-order valence-electron chi connectivity index (χ3n) is 4.02. The number of hydrogen-bond acceptors (Lipinski definition) is 7. The van der Waals surface area contributed by atoms with Gasteiger partial charge in [-0.15, -0.1) is 10.2 Å². The summed E-state index contributed by atoms with van der Waals surface area (Å²) in [5.41, 5.74) is 1.00. The van der Waals surface area contributed by atoms with Crippen molar-refractivity contribution in [3.05, 3.63) is 30.4 Å². The van der Waals surface area contributed by atoms with E-state index >= 15 is 0 Å². The Morgan fingerprint density at radius 3 is 2.81 bits per heavy atom. The van der Waals surface area contributed by atoms with Crippen LogP contribution in [0.15, 0.2) is 23.2 Å². The van der Waals surface area contributed by atoms with Gasteiger partial charge in [-0.3, -0.25) is 4.90 Å². The molecular formula is C14H20N6O. The Morgan fingerprint density at radius 2 is 2.14 bits per heavy atom. The smallest absolute Gasteiger partial charge is 0.230 e. The summed E-state index contributed by atoms with van der Waals surface area (Å²) >= 11 is 0. The number of piperidine rings is 1. The normalized spacial score (nSPS) is 17.0. The first kappa shape index (κ1) is 13.9. The Hall–Kier alpha value is -2.02. The lowest BCUT2D eigenvalue weighted by atomic mass is 10.0. The molecule has 1 aliphatic rings. The zero-order valence-corrected chi connectivity index (χ0v) is 12.4. The molecule has 2 aromatic heterocycles.